The summed E-state index contributed by atoms with van der Waals surface area (Å²) in [6, 6.07) is 3.41. The van der Waals surface area contributed by atoms with Gasteiger partial charge in [-0.2, -0.15) is 0 Å². The van der Waals surface area contributed by atoms with E-state index in [2.05, 4.69) is 10.6 Å². The van der Waals surface area contributed by atoms with Gasteiger partial charge in [-0.1, -0.05) is 6.07 Å². The molecule has 1 fully saturated rings. The Morgan fingerprint density at radius 2 is 2.14 bits per heavy atom. The van der Waals surface area contributed by atoms with Gasteiger partial charge in [0.15, 0.2) is 0 Å². The standard InChI is InChI=1S/C14H18F2N2O3/c1-20-14(5-6-21-9-14)8-17-7-12(19)18-13-10(15)3-2-4-11(13)16/h2-4,17H,5-9H2,1H3,(H,18,19). The molecule has 1 aliphatic rings. The van der Waals surface area contributed by atoms with Crippen molar-refractivity contribution in [2.75, 3.05) is 38.7 Å². The number of halogens is 2. The Bertz CT molecular complexity index is 485. The molecule has 1 unspecified atom stereocenters. The van der Waals surface area contributed by atoms with E-state index in [0.29, 0.717) is 19.8 Å². The predicted molar refractivity (Wildman–Crippen MR) is 73.0 cm³/mol. The second kappa shape index (κ2) is 6.93. The molecule has 5 nitrogen and oxygen atoms in total. The number of carbonyl (C=O) groups is 1. The fourth-order valence-corrected chi connectivity index (χ4v) is 2.17. The van der Waals surface area contributed by atoms with Crippen molar-refractivity contribution in [1.82, 2.24) is 5.32 Å². The summed E-state index contributed by atoms with van der Waals surface area (Å²) in [5, 5.41) is 5.13. The van der Waals surface area contributed by atoms with Crippen molar-refractivity contribution in [3.8, 4) is 0 Å². The number of hydrogen-bond acceptors (Lipinski definition) is 4. The number of para-hydroxylation sites is 1. The van der Waals surface area contributed by atoms with Crippen LogP contribution in [0.5, 0.6) is 0 Å². The van der Waals surface area contributed by atoms with E-state index in [1.807, 2.05) is 0 Å². The summed E-state index contributed by atoms with van der Waals surface area (Å²) in [6.07, 6.45) is 0.736. The summed E-state index contributed by atoms with van der Waals surface area (Å²) >= 11 is 0. The molecule has 1 saturated heterocycles. The minimum Gasteiger partial charge on any atom is -0.378 e. The van der Waals surface area contributed by atoms with Crippen molar-refractivity contribution < 1.29 is 23.0 Å². The average Bonchev–Trinajstić information content (AvgIpc) is 2.92. The van der Waals surface area contributed by atoms with Crippen molar-refractivity contribution in [2.24, 2.45) is 0 Å². The minimum absolute atomic E-state index is 0.0706. The van der Waals surface area contributed by atoms with E-state index in [4.69, 9.17) is 9.47 Å². The van der Waals surface area contributed by atoms with E-state index in [1.54, 1.807) is 7.11 Å². The van der Waals surface area contributed by atoms with Gasteiger partial charge >= 0.3 is 0 Å². The molecule has 1 amide bonds. The average molecular weight is 300 g/mol. The highest BCUT2D eigenvalue weighted by molar-refractivity contribution is 5.92. The molecule has 0 radical (unpaired) electrons. The molecule has 0 bridgehead atoms. The van der Waals surface area contributed by atoms with Gasteiger partial charge in [0.05, 0.1) is 13.2 Å². The summed E-state index contributed by atoms with van der Waals surface area (Å²) < 4.78 is 37.4. The summed E-state index contributed by atoms with van der Waals surface area (Å²) in [5.74, 6) is -2.13. The quantitative estimate of drug-likeness (QED) is 0.831. The van der Waals surface area contributed by atoms with Crippen LogP contribution in [-0.2, 0) is 14.3 Å². The van der Waals surface area contributed by atoms with Crippen LogP contribution in [0.2, 0.25) is 0 Å². The zero-order chi connectivity index (χ0) is 15.3. The summed E-state index contributed by atoms with van der Waals surface area (Å²) in [6.45, 7) is 1.43. The highest BCUT2D eigenvalue weighted by Gasteiger charge is 2.34. The Kier molecular flexibility index (Phi) is 5.22. The number of hydrogen-bond donors (Lipinski definition) is 2. The summed E-state index contributed by atoms with van der Waals surface area (Å²) in [5.41, 5.74) is -0.876. The molecule has 116 valence electrons. The third-order valence-electron chi connectivity index (χ3n) is 3.46. The van der Waals surface area contributed by atoms with Gasteiger partial charge in [0, 0.05) is 26.7 Å². The summed E-state index contributed by atoms with van der Waals surface area (Å²) in [7, 11) is 1.59. The van der Waals surface area contributed by atoms with Crippen LogP contribution in [-0.4, -0.2) is 44.9 Å². The topological polar surface area (TPSA) is 59.6 Å². The van der Waals surface area contributed by atoms with Crippen LogP contribution in [0, 0.1) is 11.6 Å². The molecular formula is C14H18F2N2O3. The van der Waals surface area contributed by atoms with Crippen molar-refractivity contribution in [3.63, 3.8) is 0 Å². The molecule has 0 saturated carbocycles. The molecule has 2 N–H and O–H groups in total. The van der Waals surface area contributed by atoms with E-state index in [1.165, 1.54) is 6.07 Å². The fraction of sp³-hybridized carbons (Fsp3) is 0.500. The molecule has 1 aromatic rings. The van der Waals surface area contributed by atoms with E-state index in [9.17, 15) is 13.6 Å². The van der Waals surface area contributed by atoms with Gasteiger partial charge in [-0.3, -0.25) is 4.79 Å². The Morgan fingerprint density at radius 1 is 1.43 bits per heavy atom. The van der Waals surface area contributed by atoms with Gasteiger partial charge in [-0.15, -0.1) is 0 Å². The van der Waals surface area contributed by atoms with Gasteiger partial charge < -0.3 is 20.1 Å². The lowest BCUT2D eigenvalue weighted by Gasteiger charge is -2.25. The van der Waals surface area contributed by atoms with Gasteiger partial charge in [0.1, 0.15) is 22.9 Å². The maximum absolute atomic E-state index is 13.4. The predicted octanol–water partition coefficient (Wildman–Crippen LogP) is 1.30. The molecule has 21 heavy (non-hydrogen) atoms. The lowest BCUT2D eigenvalue weighted by Crippen LogP contribution is -2.45. The number of anilines is 1. The SMILES string of the molecule is COC1(CNCC(=O)Nc2c(F)cccc2F)CCOC1. The molecule has 0 aliphatic carbocycles. The molecule has 2 rings (SSSR count). The van der Waals surface area contributed by atoms with Crippen LogP contribution in [0.25, 0.3) is 0 Å². The second-order valence-corrected chi connectivity index (χ2v) is 4.94. The molecule has 0 spiro atoms. The Morgan fingerprint density at radius 3 is 2.71 bits per heavy atom. The number of benzene rings is 1. The van der Waals surface area contributed by atoms with Crippen molar-refractivity contribution in [1.29, 1.82) is 0 Å². The number of ether oxygens (including phenoxy) is 2. The van der Waals surface area contributed by atoms with Crippen LogP contribution >= 0.6 is 0 Å². The first-order chi connectivity index (χ1) is 10.1. The lowest BCUT2D eigenvalue weighted by molar-refractivity contribution is -0.115. The number of nitrogens with one attached hydrogen (secondary N) is 2. The van der Waals surface area contributed by atoms with Gasteiger partial charge in [-0.25, -0.2) is 8.78 Å². The van der Waals surface area contributed by atoms with Crippen LogP contribution in [0.3, 0.4) is 0 Å². The molecule has 1 heterocycles. The van der Waals surface area contributed by atoms with Crippen LogP contribution < -0.4 is 10.6 Å². The molecule has 7 heteroatoms. The van der Waals surface area contributed by atoms with Crippen LogP contribution in [0.1, 0.15) is 6.42 Å². The Hall–Kier alpha value is -1.57. The first-order valence-electron chi connectivity index (χ1n) is 6.64. The van der Waals surface area contributed by atoms with Gasteiger partial charge in [0.25, 0.3) is 0 Å². The van der Waals surface area contributed by atoms with Gasteiger partial charge in [-0.05, 0) is 12.1 Å². The smallest absolute Gasteiger partial charge is 0.238 e. The second-order valence-electron chi connectivity index (χ2n) is 4.94. The Balaban J connectivity index is 1.82. The van der Waals surface area contributed by atoms with E-state index in [0.717, 1.165) is 18.6 Å². The third kappa shape index (κ3) is 3.96. The molecule has 1 aliphatic heterocycles. The first kappa shape index (κ1) is 15.8. The maximum atomic E-state index is 13.4. The van der Waals surface area contributed by atoms with Crippen molar-refractivity contribution in [2.45, 2.75) is 12.0 Å². The molecular weight excluding hydrogens is 282 g/mol. The Labute approximate surface area is 121 Å². The lowest BCUT2D eigenvalue weighted by atomic mass is 10.0. The van der Waals surface area contributed by atoms with E-state index in [-0.39, 0.29) is 6.54 Å². The van der Waals surface area contributed by atoms with Crippen LogP contribution in [0.4, 0.5) is 14.5 Å². The fourth-order valence-electron chi connectivity index (χ4n) is 2.17. The normalized spacial score (nSPS) is 21.5. The summed E-state index contributed by atoms with van der Waals surface area (Å²) in [4.78, 5) is 11.7. The van der Waals surface area contributed by atoms with E-state index >= 15 is 0 Å². The maximum Gasteiger partial charge on any atom is 0.238 e. The number of rotatable bonds is 6. The molecule has 0 aromatic heterocycles. The number of amides is 1. The van der Waals surface area contributed by atoms with Crippen LogP contribution in [0.15, 0.2) is 18.2 Å². The first-order valence-corrected chi connectivity index (χ1v) is 6.64. The minimum atomic E-state index is -0.805. The monoisotopic (exact) mass is 300 g/mol. The largest absolute Gasteiger partial charge is 0.378 e. The highest BCUT2D eigenvalue weighted by Crippen LogP contribution is 2.21. The van der Waals surface area contributed by atoms with Crippen molar-refractivity contribution in [3.05, 3.63) is 29.8 Å². The highest BCUT2D eigenvalue weighted by atomic mass is 19.1. The van der Waals surface area contributed by atoms with Gasteiger partial charge in [0.2, 0.25) is 5.91 Å². The molecule has 1 atom stereocenters. The zero-order valence-electron chi connectivity index (χ0n) is 11.7. The number of methoxy groups -OCH3 is 1. The van der Waals surface area contributed by atoms with E-state index < -0.39 is 28.8 Å². The zero-order valence-corrected chi connectivity index (χ0v) is 11.7. The number of carbonyl (C=O) groups excluding carboxylic acids is 1. The van der Waals surface area contributed by atoms with Crippen molar-refractivity contribution >= 4 is 11.6 Å². The third-order valence-corrected chi connectivity index (χ3v) is 3.46. The molecule has 1 aromatic carbocycles.